The number of amides is 3. The van der Waals surface area contributed by atoms with Crippen molar-refractivity contribution in [3.05, 3.63) is 0 Å². The van der Waals surface area contributed by atoms with Gasteiger partial charge in [-0.15, -0.1) is 0 Å². The molecule has 0 fully saturated rings. The number of unbranched alkanes of at least 4 members (excludes halogenated alkanes) is 1. The van der Waals surface area contributed by atoms with Gasteiger partial charge in [0, 0.05) is 19.5 Å². The van der Waals surface area contributed by atoms with E-state index in [4.69, 9.17) is 0 Å². The summed E-state index contributed by atoms with van der Waals surface area (Å²) in [5.41, 5.74) is 0. The maximum atomic E-state index is 12.6. The Morgan fingerprint density at radius 1 is 1.04 bits per heavy atom. The average molecular weight is 371 g/mol. The van der Waals surface area contributed by atoms with E-state index in [-0.39, 0.29) is 30.2 Å². The van der Waals surface area contributed by atoms with Gasteiger partial charge in [-0.1, -0.05) is 27.2 Å². The lowest BCUT2D eigenvalue weighted by atomic mass is 10.1. The standard InChI is InChI=1S/C19H38N4O3/c1-6-10-15(3)18(25)21-14-17(24)22-16(11-8-9-12-20-4)19(26)23(5)13-7-2/h15-16,20H,6-14H2,1-5H3,(H,21,25)(H,22,24). The second kappa shape index (κ2) is 14.5. The lowest BCUT2D eigenvalue weighted by Gasteiger charge is -2.24. The smallest absolute Gasteiger partial charge is 0.244 e. The van der Waals surface area contributed by atoms with Gasteiger partial charge in [0.2, 0.25) is 17.7 Å². The van der Waals surface area contributed by atoms with Gasteiger partial charge in [0.05, 0.1) is 6.54 Å². The minimum absolute atomic E-state index is 0.0738. The predicted molar refractivity (Wildman–Crippen MR) is 105 cm³/mol. The number of nitrogens with zero attached hydrogens (tertiary/aromatic N) is 1. The van der Waals surface area contributed by atoms with Gasteiger partial charge in [-0.25, -0.2) is 0 Å². The van der Waals surface area contributed by atoms with Crippen molar-refractivity contribution in [3.63, 3.8) is 0 Å². The van der Waals surface area contributed by atoms with Crippen molar-refractivity contribution in [1.82, 2.24) is 20.9 Å². The Bertz CT molecular complexity index is 429. The number of likely N-dealkylation sites (N-methyl/N-ethyl adjacent to an activating group) is 1. The molecule has 0 saturated carbocycles. The summed E-state index contributed by atoms with van der Waals surface area (Å²) in [4.78, 5) is 38.4. The number of hydrogen-bond donors (Lipinski definition) is 3. The zero-order valence-electron chi connectivity index (χ0n) is 17.2. The van der Waals surface area contributed by atoms with Crippen LogP contribution in [0.5, 0.6) is 0 Å². The number of rotatable bonds is 14. The summed E-state index contributed by atoms with van der Waals surface area (Å²) in [6, 6.07) is -0.541. The minimum atomic E-state index is -0.541. The molecule has 0 aliphatic carbocycles. The van der Waals surface area contributed by atoms with Gasteiger partial charge < -0.3 is 20.9 Å². The normalized spacial score (nSPS) is 13.0. The summed E-state index contributed by atoms with van der Waals surface area (Å²) in [5, 5.41) is 8.53. The van der Waals surface area contributed by atoms with Gasteiger partial charge in [0.25, 0.3) is 0 Å². The first kappa shape index (κ1) is 24.4. The fraction of sp³-hybridized carbons (Fsp3) is 0.842. The first-order valence-electron chi connectivity index (χ1n) is 9.83. The van der Waals surface area contributed by atoms with Gasteiger partial charge in [-0.2, -0.15) is 0 Å². The van der Waals surface area contributed by atoms with Crippen molar-refractivity contribution < 1.29 is 14.4 Å². The van der Waals surface area contributed by atoms with Crippen LogP contribution >= 0.6 is 0 Å². The van der Waals surface area contributed by atoms with Crippen molar-refractivity contribution in [3.8, 4) is 0 Å². The Labute approximate surface area is 158 Å². The molecule has 0 aromatic heterocycles. The molecular weight excluding hydrogens is 332 g/mol. The third kappa shape index (κ3) is 10.4. The van der Waals surface area contributed by atoms with Crippen LogP contribution in [0.3, 0.4) is 0 Å². The monoisotopic (exact) mass is 370 g/mol. The highest BCUT2D eigenvalue weighted by Gasteiger charge is 2.23. The molecule has 2 unspecified atom stereocenters. The lowest BCUT2D eigenvalue weighted by molar-refractivity contribution is -0.135. The van der Waals surface area contributed by atoms with E-state index >= 15 is 0 Å². The lowest BCUT2D eigenvalue weighted by Crippen LogP contribution is -2.50. The largest absolute Gasteiger partial charge is 0.347 e. The molecule has 3 N–H and O–H groups in total. The van der Waals surface area contributed by atoms with Crippen molar-refractivity contribution in [2.24, 2.45) is 5.92 Å². The molecule has 0 spiro atoms. The van der Waals surface area contributed by atoms with Crippen LogP contribution in [0.4, 0.5) is 0 Å². The fourth-order valence-corrected chi connectivity index (χ4v) is 2.77. The van der Waals surface area contributed by atoms with E-state index in [1.807, 2.05) is 27.8 Å². The third-order valence-electron chi connectivity index (χ3n) is 4.33. The number of nitrogens with one attached hydrogen (secondary N) is 3. The van der Waals surface area contributed by atoms with E-state index < -0.39 is 6.04 Å². The minimum Gasteiger partial charge on any atom is -0.347 e. The molecule has 152 valence electrons. The molecule has 7 heteroatoms. The van der Waals surface area contributed by atoms with E-state index in [0.717, 1.165) is 38.6 Å². The maximum absolute atomic E-state index is 12.6. The molecule has 0 aromatic rings. The quantitative estimate of drug-likeness (QED) is 0.402. The summed E-state index contributed by atoms with van der Waals surface area (Å²) in [6.07, 6.45) is 4.97. The Morgan fingerprint density at radius 2 is 1.73 bits per heavy atom. The number of carbonyl (C=O) groups is 3. The average Bonchev–Trinajstić information content (AvgIpc) is 2.61. The summed E-state index contributed by atoms with van der Waals surface area (Å²) < 4.78 is 0. The highest BCUT2D eigenvalue weighted by atomic mass is 16.2. The Morgan fingerprint density at radius 3 is 2.31 bits per heavy atom. The molecule has 0 aliphatic heterocycles. The summed E-state index contributed by atoms with van der Waals surface area (Å²) >= 11 is 0. The maximum Gasteiger partial charge on any atom is 0.244 e. The summed E-state index contributed by atoms with van der Waals surface area (Å²) in [5.74, 6) is -0.626. The topological polar surface area (TPSA) is 90.5 Å². The molecular formula is C19H38N4O3. The van der Waals surface area contributed by atoms with Gasteiger partial charge >= 0.3 is 0 Å². The molecule has 0 rings (SSSR count). The van der Waals surface area contributed by atoms with Crippen molar-refractivity contribution >= 4 is 17.7 Å². The van der Waals surface area contributed by atoms with Gasteiger partial charge in [-0.3, -0.25) is 14.4 Å². The molecule has 0 bridgehead atoms. The molecule has 0 saturated heterocycles. The van der Waals surface area contributed by atoms with Gasteiger partial charge in [-0.05, 0) is 45.7 Å². The van der Waals surface area contributed by atoms with Crippen LogP contribution in [0.1, 0.15) is 59.3 Å². The summed E-state index contributed by atoms with van der Waals surface area (Å²) in [7, 11) is 3.65. The molecule has 3 amide bonds. The summed E-state index contributed by atoms with van der Waals surface area (Å²) in [6.45, 7) is 7.33. The third-order valence-corrected chi connectivity index (χ3v) is 4.33. The highest BCUT2D eigenvalue weighted by Crippen LogP contribution is 2.06. The van der Waals surface area contributed by atoms with E-state index in [9.17, 15) is 14.4 Å². The molecule has 0 aromatic carbocycles. The molecule has 7 nitrogen and oxygen atoms in total. The first-order valence-corrected chi connectivity index (χ1v) is 9.83. The molecule has 2 atom stereocenters. The van der Waals surface area contributed by atoms with Crippen LogP contribution in [0.25, 0.3) is 0 Å². The van der Waals surface area contributed by atoms with Crippen LogP contribution in [-0.2, 0) is 14.4 Å². The van der Waals surface area contributed by atoms with E-state index in [0.29, 0.717) is 13.0 Å². The van der Waals surface area contributed by atoms with Crippen LogP contribution in [0.2, 0.25) is 0 Å². The van der Waals surface area contributed by atoms with Crippen LogP contribution in [0, 0.1) is 5.92 Å². The highest BCUT2D eigenvalue weighted by molar-refractivity contribution is 5.90. The van der Waals surface area contributed by atoms with Crippen molar-refractivity contribution in [1.29, 1.82) is 0 Å². The first-order chi connectivity index (χ1) is 12.4. The molecule has 26 heavy (non-hydrogen) atoms. The van der Waals surface area contributed by atoms with E-state index in [1.54, 1.807) is 11.9 Å². The van der Waals surface area contributed by atoms with Crippen molar-refractivity contribution in [2.45, 2.75) is 65.3 Å². The SMILES string of the molecule is CCCC(C)C(=O)NCC(=O)NC(CCCCNC)C(=O)N(C)CCC. The van der Waals surface area contributed by atoms with Gasteiger partial charge in [0.1, 0.15) is 6.04 Å². The van der Waals surface area contributed by atoms with Crippen LogP contribution < -0.4 is 16.0 Å². The Hall–Kier alpha value is -1.63. The zero-order chi connectivity index (χ0) is 19.9. The number of carbonyl (C=O) groups excluding carboxylic acids is 3. The number of hydrogen-bond acceptors (Lipinski definition) is 4. The second-order valence-corrected chi connectivity index (χ2v) is 6.89. The Kier molecular flexibility index (Phi) is 13.6. The Balaban J connectivity index is 4.60. The molecule has 0 aliphatic rings. The van der Waals surface area contributed by atoms with Crippen LogP contribution in [0.15, 0.2) is 0 Å². The fourth-order valence-electron chi connectivity index (χ4n) is 2.77. The van der Waals surface area contributed by atoms with Crippen molar-refractivity contribution in [2.75, 3.05) is 33.7 Å². The van der Waals surface area contributed by atoms with Gasteiger partial charge in [0.15, 0.2) is 0 Å². The molecule has 0 heterocycles. The predicted octanol–water partition coefficient (Wildman–Crippen LogP) is 1.28. The second-order valence-electron chi connectivity index (χ2n) is 6.89. The van der Waals surface area contributed by atoms with E-state index in [1.165, 1.54) is 0 Å². The molecule has 0 radical (unpaired) electrons. The van der Waals surface area contributed by atoms with E-state index in [2.05, 4.69) is 16.0 Å². The van der Waals surface area contributed by atoms with Crippen LogP contribution in [-0.4, -0.2) is 62.4 Å². The zero-order valence-corrected chi connectivity index (χ0v) is 17.2.